The number of fused-ring (bicyclic) bond motifs is 1. The van der Waals surface area contributed by atoms with Crippen molar-refractivity contribution in [2.75, 3.05) is 19.6 Å². The van der Waals surface area contributed by atoms with Crippen LogP contribution in [0.25, 0.3) is 10.9 Å². The molecule has 0 atom stereocenters. The molecular weight excluding hydrogens is 460 g/mol. The van der Waals surface area contributed by atoms with Gasteiger partial charge in [-0.15, -0.1) is 0 Å². The first-order chi connectivity index (χ1) is 17.5. The molecule has 0 bridgehead atoms. The zero-order chi connectivity index (χ0) is 24.9. The smallest absolute Gasteiger partial charge is 0.251 e. The van der Waals surface area contributed by atoms with Gasteiger partial charge in [-0.05, 0) is 93.8 Å². The average molecular weight is 494 g/mol. The number of pyridine rings is 1. The number of nitrogens with one attached hydrogen (secondary N) is 1. The number of amides is 1. The monoisotopic (exact) mass is 493 g/mol. The van der Waals surface area contributed by atoms with Crippen LogP contribution in [0.3, 0.4) is 0 Å². The Morgan fingerprint density at radius 1 is 1.00 bits per heavy atom. The number of hydrogen-bond acceptors (Lipinski definition) is 4. The number of carbonyl (C=O) groups excluding carboxylic acids is 1. The van der Waals surface area contributed by atoms with E-state index in [2.05, 4.69) is 15.2 Å². The zero-order valence-corrected chi connectivity index (χ0v) is 20.5. The Kier molecular flexibility index (Phi) is 7.75. The molecule has 0 radical (unpaired) electrons. The fourth-order valence-electron chi connectivity index (χ4n) is 5.45. The molecular formula is C29H33F2N3O2. The van der Waals surface area contributed by atoms with E-state index in [9.17, 15) is 13.6 Å². The van der Waals surface area contributed by atoms with Gasteiger partial charge in [0.15, 0.2) is 11.6 Å². The molecule has 36 heavy (non-hydrogen) atoms. The standard InChI is InChI=1S/C29H33F2N3O2/c30-23-6-10-28(26(31)19-23)36-25-12-16-34(17-13-25)15-11-20-3-7-24(8-4-20)33-29(35)22-5-9-27-21(18-22)2-1-14-32-27/h1-2,5-6,9-10,14,18-20,24-25H,3-4,7-8,11-13,15-17H2,(H,33,35)/t20-,24-. The second-order valence-electron chi connectivity index (χ2n) is 10.1. The lowest BCUT2D eigenvalue weighted by Crippen LogP contribution is -2.40. The van der Waals surface area contributed by atoms with E-state index in [1.165, 1.54) is 12.1 Å². The quantitative estimate of drug-likeness (QED) is 0.456. The molecule has 0 unspecified atom stereocenters. The summed E-state index contributed by atoms with van der Waals surface area (Å²) in [4.78, 5) is 19.5. The molecule has 2 heterocycles. The van der Waals surface area contributed by atoms with Crippen molar-refractivity contribution in [2.24, 2.45) is 5.92 Å². The van der Waals surface area contributed by atoms with Crippen LogP contribution in [0.5, 0.6) is 5.75 Å². The predicted octanol–water partition coefficient (Wildman–Crippen LogP) is 5.74. The molecule has 2 aliphatic rings. The third-order valence-corrected chi connectivity index (χ3v) is 7.62. The average Bonchev–Trinajstić information content (AvgIpc) is 2.90. The van der Waals surface area contributed by atoms with E-state index < -0.39 is 11.6 Å². The molecule has 1 saturated carbocycles. The molecule has 190 valence electrons. The number of benzene rings is 2. The highest BCUT2D eigenvalue weighted by Gasteiger charge is 2.25. The van der Waals surface area contributed by atoms with E-state index >= 15 is 0 Å². The minimum atomic E-state index is -0.640. The molecule has 1 aliphatic heterocycles. The summed E-state index contributed by atoms with van der Waals surface area (Å²) < 4.78 is 32.7. The SMILES string of the molecule is O=C(N[C@H]1CC[C@H](CCN2CCC(Oc3ccc(F)cc3F)CC2)CC1)c1ccc2ncccc2c1. The lowest BCUT2D eigenvalue weighted by Gasteiger charge is -2.34. The molecule has 1 saturated heterocycles. The molecule has 1 amide bonds. The summed E-state index contributed by atoms with van der Waals surface area (Å²) in [5.74, 6) is -0.411. The molecule has 2 aromatic carbocycles. The second-order valence-corrected chi connectivity index (χ2v) is 10.1. The van der Waals surface area contributed by atoms with Gasteiger partial charge in [0.1, 0.15) is 11.9 Å². The van der Waals surface area contributed by atoms with Crippen molar-refractivity contribution < 1.29 is 18.3 Å². The molecule has 7 heteroatoms. The Labute approximate surface area is 210 Å². The van der Waals surface area contributed by atoms with Crippen molar-refractivity contribution in [1.82, 2.24) is 15.2 Å². The van der Waals surface area contributed by atoms with Crippen molar-refractivity contribution in [3.8, 4) is 5.75 Å². The van der Waals surface area contributed by atoms with Crippen LogP contribution >= 0.6 is 0 Å². The molecule has 1 aliphatic carbocycles. The first-order valence-electron chi connectivity index (χ1n) is 13.0. The van der Waals surface area contributed by atoms with E-state index in [0.29, 0.717) is 11.5 Å². The number of aromatic nitrogens is 1. The van der Waals surface area contributed by atoms with Gasteiger partial charge < -0.3 is 15.0 Å². The molecule has 3 aromatic rings. The molecule has 1 aromatic heterocycles. The molecule has 2 fully saturated rings. The summed E-state index contributed by atoms with van der Waals surface area (Å²) in [6, 6.07) is 13.2. The van der Waals surface area contributed by atoms with Gasteiger partial charge in [-0.25, -0.2) is 8.78 Å². The summed E-state index contributed by atoms with van der Waals surface area (Å²) in [6.07, 6.45) is 8.90. The van der Waals surface area contributed by atoms with E-state index in [-0.39, 0.29) is 23.8 Å². The van der Waals surface area contributed by atoms with E-state index in [1.807, 2.05) is 30.3 Å². The van der Waals surface area contributed by atoms with Crippen LogP contribution in [0.4, 0.5) is 8.78 Å². The maximum Gasteiger partial charge on any atom is 0.251 e. The molecule has 5 nitrogen and oxygen atoms in total. The first-order valence-corrected chi connectivity index (χ1v) is 13.0. The number of nitrogens with zero attached hydrogens (tertiary/aromatic N) is 2. The van der Waals surface area contributed by atoms with Gasteiger partial charge >= 0.3 is 0 Å². The molecule has 1 N–H and O–H groups in total. The van der Waals surface area contributed by atoms with E-state index in [4.69, 9.17) is 4.74 Å². The lowest BCUT2D eigenvalue weighted by atomic mass is 9.84. The highest BCUT2D eigenvalue weighted by Crippen LogP contribution is 2.28. The van der Waals surface area contributed by atoms with Gasteiger partial charge in [0, 0.05) is 42.3 Å². The maximum absolute atomic E-state index is 13.8. The van der Waals surface area contributed by atoms with Gasteiger partial charge in [0.2, 0.25) is 0 Å². The number of piperidine rings is 1. The third-order valence-electron chi connectivity index (χ3n) is 7.62. The fourth-order valence-corrected chi connectivity index (χ4v) is 5.45. The van der Waals surface area contributed by atoms with Crippen molar-refractivity contribution >= 4 is 16.8 Å². The lowest BCUT2D eigenvalue weighted by molar-refractivity contribution is 0.0886. The topological polar surface area (TPSA) is 54.5 Å². The van der Waals surface area contributed by atoms with Gasteiger partial charge in [0.05, 0.1) is 5.52 Å². The van der Waals surface area contributed by atoms with Crippen molar-refractivity contribution in [2.45, 2.75) is 57.1 Å². The number of hydrogen-bond donors (Lipinski definition) is 1. The van der Waals surface area contributed by atoms with E-state index in [0.717, 1.165) is 81.5 Å². The van der Waals surface area contributed by atoms with Gasteiger partial charge in [-0.2, -0.15) is 0 Å². The summed E-state index contributed by atoms with van der Waals surface area (Å²) >= 11 is 0. The van der Waals surface area contributed by atoms with Crippen LogP contribution in [0.2, 0.25) is 0 Å². The van der Waals surface area contributed by atoms with Gasteiger partial charge in [-0.1, -0.05) is 6.07 Å². The van der Waals surface area contributed by atoms with Gasteiger partial charge in [-0.3, -0.25) is 9.78 Å². The normalized spacial score (nSPS) is 21.4. The van der Waals surface area contributed by atoms with Crippen LogP contribution < -0.4 is 10.1 Å². The summed E-state index contributed by atoms with van der Waals surface area (Å²) in [5.41, 5.74) is 1.58. The minimum Gasteiger partial charge on any atom is -0.487 e. The second kappa shape index (κ2) is 11.3. The highest BCUT2D eigenvalue weighted by molar-refractivity contribution is 5.98. The Hall–Kier alpha value is -3.06. The summed E-state index contributed by atoms with van der Waals surface area (Å²) in [6.45, 7) is 2.92. The number of halogens is 2. The number of rotatable bonds is 7. The summed E-state index contributed by atoms with van der Waals surface area (Å²) in [5, 5.41) is 4.21. The highest BCUT2D eigenvalue weighted by atomic mass is 19.1. The van der Waals surface area contributed by atoms with Crippen LogP contribution in [0.15, 0.2) is 54.7 Å². The van der Waals surface area contributed by atoms with Crippen molar-refractivity contribution in [1.29, 1.82) is 0 Å². The minimum absolute atomic E-state index is 0.00480. The first kappa shape index (κ1) is 24.6. The number of carbonyl (C=O) groups is 1. The van der Waals surface area contributed by atoms with Crippen molar-refractivity contribution in [3.05, 3.63) is 71.9 Å². The Bertz CT molecular complexity index is 1190. The predicted molar refractivity (Wildman–Crippen MR) is 136 cm³/mol. The largest absolute Gasteiger partial charge is 0.487 e. The van der Waals surface area contributed by atoms with E-state index in [1.54, 1.807) is 6.20 Å². The Balaban J connectivity index is 1.00. The van der Waals surface area contributed by atoms with Crippen molar-refractivity contribution in [3.63, 3.8) is 0 Å². The Morgan fingerprint density at radius 3 is 2.58 bits per heavy atom. The number of likely N-dealkylation sites (tertiary alicyclic amines) is 1. The van der Waals surface area contributed by atoms with Crippen LogP contribution in [0.1, 0.15) is 55.3 Å². The van der Waals surface area contributed by atoms with Crippen LogP contribution in [-0.2, 0) is 0 Å². The van der Waals surface area contributed by atoms with Crippen LogP contribution in [-0.4, -0.2) is 47.6 Å². The van der Waals surface area contributed by atoms with Crippen LogP contribution in [0, 0.1) is 17.6 Å². The molecule has 0 spiro atoms. The fraction of sp³-hybridized carbons (Fsp3) is 0.448. The maximum atomic E-state index is 13.8. The zero-order valence-electron chi connectivity index (χ0n) is 20.5. The molecule has 5 rings (SSSR count). The summed E-state index contributed by atoms with van der Waals surface area (Å²) in [7, 11) is 0. The Morgan fingerprint density at radius 2 is 1.81 bits per heavy atom. The third kappa shape index (κ3) is 6.19. The number of ether oxygens (including phenoxy) is 1. The van der Waals surface area contributed by atoms with Gasteiger partial charge in [0.25, 0.3) is 5.91 Å².